The predicted octanol–water partition coefficient (Wildman–Crippen LogP) is 1.78. The largest absolute Gasteiger partial charge is 0.316 e. The average molecular weight is 198 g/mol. The van der Waals surface area contributed by atoms with E-state index in [1.165, 1.54) is 12.3 Å². The van der Waals surface area contributed by atoms with E-state index in [0.717, 1.165) is 0 Å². The van der Waals surface area contributed by atoms with Gasteiger partial charge in [-0.3, -0.25) is 4.98 Å². The molecule has 1 aromatic rings. The molecule has 76 valence electrons. The lowest BCUT2D eigenvalue weighted by molar-refractivity contribution is -0.0615. The van der Waals surface area contributed by atoms with Gasteiger partial charge in [0.1, 0.15) is 5.69 Å². The molecule has 1 N–H and O–H groups in total. The van der Waals surface area contributed by atoms with Crippen LogP contribution < -0.4 is 5.32 Å². The van der Waals surface area contributed by atoms with E-state index >= 15 is 0 Å². The smallest absolute Gasteiger partial charge is 0.293 e. The molecular weight excluding hydrogens is 186 g/mol. The van der Waals surface area contributed by atoms with Gasteiger partial charge in [0.05, 0.1) is 0 Å². The van der Waals surface area contributed by atoms with E-state index in [-0.39, 0.29) is 5.69 Å². The number of hydrogen-bond acceptors (Lipinski definition) is 2. The third kappa shape index (κ3) is 1.62. The molecule has 14 heavy (non-hydrogen) atoms. The monoisotopic (exact) mass is 198 g/mol. The molecule has 2 nitrogen and oxygen atoms in total. The summed E-state index contributed by atoms with van der Waals surface area (Å²) >= 11 is 0. The van der Waals surface area contributed by atoms with Crippen molar-refractivity contribution in [3.63, 3.8) is 0 Å². The van der Waals surface area contributed by atoms with Crippen molar-refractivity contribution in [2.45, 2.75) is 12.3 Å². The highest BCUT2D eigenvalue weighted by Gasteiger charge is 2.43. The van der Waals surface area contributed by atoms with Gasteiger partial charge < -0.3 is 5.32 Å². The fourth-order valence-corrected chi connectivity index (χ4v) is 1.73. The molecule has 2 rings (SSSR count). The van der Waals surface area contributed by atoms with E-state index in [1.54, 1.807) is 12.1 Å². The summed E-state index contributed by atoms with van der Waals surface area (Å²) < 4.78 is 27.5. The van der Waals surface area contributed by atoms with E-state index in [9.17, 15) is 8.78 Å². The molecule has 1 atom stereocenters. The molecule has 4 heteroatoms. The summed E-state index contributed by atoms with van der Waals surface area (Å²) in [5, 5.41) is 2.94. The van der Waals surface area contributed by atoms with E-state index < -0.39 is 11.8 Å². The van der Waals surface area contributed by atoms with Crippen LogP contribution in [0.2, 0.25) is 0 Å². The molecule has 0 amide bonds. The second kappa shape index (κ2) is 3.61. The van der Waals surface area contributed by atoms with Gasteiger partial charge in [0.2, 0.25) is 0 Å². The first-order chi connectivity index (χ1) is 6.71. The lowest BCUT2D eigenvalue weighted by atomic mass is 9.97. The number of aromatic nitrogens is 1. The van der Waals surface area contributed by atoms with Crippen molar-refractivity contribution >= 4 is 0 Å². The summed E-state index contributed by atoms with van der Waals surface area (Å²) in [7, 11) is 0. The summed E-state index contributed by atoms with van der Waals surface area (Å²) in [5.41, 5.74) is -0.117. The summed E-state index contributed by atoms with van der Waals surface area (Å²) in [6, 6.07) is 4.63. The standard InChI is InChI=1S/C10H12F2N2/c11-10(12,8-4-6-13-7-8)9-3-1-2-5-14-9/h1-3,5,8,13H,4,6-7H2. The Morgan fingerprint density at radius 1 is 1.43 bits per heavy atom. The highest BCUT2D eigenvalue weighted by molar-refractivity contribution is 5.12. The number of hydrogen-bond donors (Lipinski definition) is 1. The van der Waals surface area contributed by atoms with Gasteiger partial charge in [0.15, 0.2) is 0 Å². The van der Waals surface area contributed by atoms with Crippen molar-refractivity contribution in [2.24, 2.45) is 5.92 Å². The van der Waals surface area contributed by atoms with E-state index in [0.29, 0.717) is 19.5 Å². The molecule has 1 aliphatic rings. The Balaban J connectivity index is 2.22. The van der Waals surface area contributed by atoms with Crippen molar-refractivity contribution in [1.29, 1.82) is 0 Å². The molecule has 0 aliphatic carbocycles. The van der Waals surface area contributed by atoms with Crippen LogP contribution in [0.4, 0.5) is 8.78 Å². The number of nitrogens with zero attached hydrogens (tertiary/aromatic N) is 1. The molecular formula is C10H12F2N2. The maximum atomic E-state index is 13.8. The molecule has 1 aromatic heterocycles. The van der Waals surface area contributed by atoms with E-state index in [4.69, 9.17) is 0 Å². The molecule has 2 heterocycles. The zero-order valence-corrected chi connectivity index (χ0v) is 7.71. The highest BCUT2D eigenvalue weighted by atomic mass is 19.3. The molecule has 1 saturated heterocycles. The van der Waals surface area contributed by atoms with Gasteiger partial charge in [0, 0.05) is 18.7 Å². The van der Waals surface area contributed by atoms with Crippen LogP contribution in [-0.4, -0.2) is 18.1 Å². The third-order valence-corrected chi connectivity index (χ3v) is 2.58. The topological polar surface area (TPSA) is 24.9 Å². The van der Waals surface area contributed by atoms with Crippen molar-refractivity contribution in [3.05, 3.63) is 30.1 Å². The maximum absolute atomic E-state index is 13.8. The van der Waals surface area contributed by atoms with Gasteiger partial charge in [-0.2, -0.15) is 8.78 Å². The Morgan fingerprint density at radius 3 is 2.86 bits per heavy atom. The summed E-state index contributed by atoms with van der Waals surface area (Å²) in [5.74, 6) is -3.41. The van der Waals surface area contributed by atoms with Gasteiger partial charge in [-0.15, -0.1) is 0 Å². The SMILES string of the molecule is FC(F)(c1ccccn1)C1CCNC1. The molecule has 1 fully saturated rings. The fraction of sp³-hybridized carbons (Fsp3) is 0.500. The average Bonchev–Trinajstić information content (AvgIpc) is 2.72. The summed E-state index contributed by atoms with van der Waals surface area (Å²) in [6.45, 7) is 1.05. The highest BCUT2D eigenvalue weighted by Crippen LogP contribution is 2.37. The first-order valence-corrected chi connectivity index (χ1v) is 4.71. The van der Waals surface area contributed by atoms with Crippen LogP contribution in [0.3, 0.4) is 0 Å². The minimum Gasteiger partial charge on any atom is -0.316 e. The third-order valence-electron chi connectivity index (χ3n) is 2.58. The molecule has 0 bridgehead atoms. The second-order valence-electron chi connectivity index (χ2n) is 3.53. The van der Waals surface area contributed by atoms with Gasteiger partial charge in [-0.05, 0) is 25.1 Å². The zero-order chi connectivity index (χ0) is 10.0. The lowest BCUT2D eigenvalue weighted by Crippen LogP contribution is -2.28. The van der Waals surface area contributed by atoms with Crippen LogP contribution in [0.5, 0.6) is 0 Å². The van der Waals surface area contributed by atoms with E-state index in [1.807, 2.05) is 0 Å². The zero-order valence-electron chi connectivity index (χ0n) is 7.71. The van der Waals surface area contributed by atoms with Gasteiger partial charge in [-0.1, -0.05) is 6.07 Å². The minimum absolute atomic E-state index is 0.117. The fourth-order valence-electron chi connectivity index (χ4n) is 1.73. The lowest BCUT2D eigenvalue weighted by Gasteiger charge is -2.21. The predicted molar refractivity (Wildman–Crippen MR) is 49.1 cm³/mol. The quantitative estimate of drug-likeness (QED) is 0.783. The minimum atomic E-state index is -2.80. The van der Waals surface area contributed by atoms with Crippen LogP contribution in [-0.2, 0) is 5.92 Å². The van der Waals surface area contributed by atoms with Gasteiger partial charge >= 0.3 is 0 Å². The summed E-state index contributed by atoms with van der Waals surface area (Å²) in [4.78, 5) is 3.72. The van der Waals surface area contributed by atoms with Crippen LogP contribution >= 0.6 is 0 Å². The normalized spacial score (nSPS) is 22.6. The molecule has 0 aromatic carbocycles. The second-order valence-corrected chi connectivity index (χ2v) is 3.53. The van der Waals surface area contributed by atoms with Gasteiger partial charge in [0.25, 0.3) is 5.92 Å². The van der Waals surface area contributed by atoms with Crippen LogP contribution in [0.15, 0.2) is 24.4 Å². The van der Waals surface area contributed by atoms with Crippen LogP contribution in [0.1, 0.15) is 12.1 Å². The van der Waals surface area contributed by atoms with E-state index in [2.05, 4.69) is 10.3 Å². The molecule has 0 spiro atoms. The first kappa shape index (κ1) is 9.52. The Labute approximate surface area is 81.4 Å². The molecule has 1 aliphatic heterocycles. The maximum Gasteiger partial charge on any atom is 0.293 e. The summed E-state index contributed by atoms with van der Waals surface area (Å²) in [6.07, 6.45) is 1.93. The van der Waals surface area contributed by atoms with Crippen LogP contribution in [0.25, 0.3) is 0 Å². The van der Waals surface area contributed by atoms with Crippen molar-refractivity contribution in [3.8, 4) is 0 Å². The van der Waals surface area contributed by atoms with Crippen molar-refractivity contribution in [1.82, 2.24) is 10.3 Å². The van der Waals surface area contributed by atoms with Crippen molar-refractivity contribution < 1.29 is 8.78 Å². The number of rotatable bonds is 2. The number of halogens is 2. The van der Waals surface area contributed by atoms with Crippen molar-refractivity contribution in [2.75, 3.05) is 13.1 Å². The Morgan fingerprint density at radius 2 is 2.29 bits per heavy atom. The number of alkyl halides is 2. The Kier molecular flexibility index (Phi) is 2.46. The van der Waals surface area contributed by atoms with Crippen LogP contribution in [0, 0.1) is 5.92 Å². The molecule has 0 saturated carbocycles. The Bertz CT molecular complexity index is 294. The Hall–Kier alpha value is -1.03. The number of pyridine rings is 1. The van der Waals surface area contributed by atoms with Gasteiger partial charge in [-0.25, -0.2) is 0 Å². The molecule has 1 unspecified atom stereocenters. The first-order valence-electron chi connectivity index (χ1n) is 4.71. The number of nitrogens with one attached hydrogen (secondary N) is 1. The molecule has 0 radical (unpaired) electrons.